The van der Waals surface area contributed by atoms with Crippen molar-refractivity contribution in [3.8, 4) is 0 Å². The van der Waals surface area contributed by atoms with E-state index in [0.717, 1.165) is 0 Å². The molecule has 0 spiro atoms. The molecule has 0 aromatic carbocycles. The molecule has 0 fully saturated rings. The minimum absolute atomic E-state index is 0. The van der Waals surface area contributed by atoms with E-state index in [4.69, 9.17) is 0 Å². The zero-order valence-electron chi connectivity index (χ0n) is 26.1. The largest absolute Gasteiger partial charge is 0 e. The van der Waals surface area contributed by atoms with Crippen molar-refractivity contribution in [1.82, 2.24) is 0 Å². The molecule has 64 heteroatoms. The number of hydrogen-bond acceptors (Lipinski definition) is 0. The first-order valence-electron chi connectivity index (χ1n) is 0. The van der Waals surface area contributed by atoms with Crippen LogP contribution in [0.5, 0.6) is 0 Å². The van der Waals surface area contributed by atoms with E-state index in [-0.39, 0.29) is 1350 Å². The molecule has 0 aromatic rings. The average molecular weight is 11800 g/mol. The Kier molecular flexibility index (Phi) is 6190. The van der Waals surface area contributed by atoms with Crippen LogP contribution in [0, 0.1) is 0 Å². The summed E-state index contributed by atoms with van der Waals surface area (Å²) in [5.74, 6) is 0. The molecule has 0 rings (SSSR count). The molecule has 0 amide bonds. The zero-order chi connectivity index (χ0) is 0. The minimum atomic E-state index is 0. The molecule has 0 saturated carbocycles. The first-order chi connectivity index (χ1) is 0. The summed E-state index contributed by atoms with van der Waals surface area (Å²) in [6, 6.07) is 0. The standard InChI is InChI=1S/64W. The van der Waals surface area contributed by atoms with Gasteiger partial charge in [0.25, 0.3) is 0 Å². The molecule has 0 aliphatic rings. The molecule has 0 nitrogen and oxygen atoms in total. The third-order valence-corrected chi connectivity index (χ3v) is 0. The molecule has 0 radical (unpaired) electrons. The quantitative estimate of drug-likeness (QED) is 0.317. The summed E-state index contributed by atoms with van der Waals surface area (Å²) >= 11 is 0. The van der Waals surface area contributed by atoms with E-state index in [9.17, 15) is 0 Å². The van der Waals surface area contributed by atoms with Gasteiger partial charge >= 0.3 is 0 Å². The molecule has 64 heavy (non-hydrogen) atoms. The molecule has 0 atom stereocenters. The summed E-state index contributed by atoms with van der Waals surface area (Å²) < 4.78 is 0. The number of rotatable bonds is 0. The van der Waals surface area contributed by atoms with Gasteiger partial charge in [0.15, 0.2) is 0 Å². The van der Waals surface area contributed by atoms with Crippen LogP contribution in [-0.4, -0.2) is 0 Å². The van der Waals surface area contributed by atoms with Crippen molar-refractivity contribution >= 4 is 0 Å². The van der Waals surface area contributed by atoms with E-state index in [0.29, 0.717) is 0 Å². The van der Waals surface area contributed by atoms with Crippen molar-refractivity contribution in [2.75, 3.05) is 0 Å². The Morgan fingerprint density at radius 1 is 0.0156 bits per heavy atom. The van der Waals surface area contributed by atoms with Crippen LogP contribution < -0.4 is 0 Å². The molecular formula is W64. The van der Waals surface area contributed by atoms with E-state index in [1.54, 1.807) is 0 Å². The van der Waals surface area contributed by atoms with E-state index in [2.05, 4.69) is 0 Å². The first-order valence-corrected chi connectivity index (χ1v) is 0. The van der Waals surface area contributed by atoms with Crippen LogP contribution in [0.25, 0.3) is 0 Å². The molecule has 0 unspecified atom stereocenters. The van der Waals surface area contributed by atoms with Gasteiger partial charge in [-0.2, -0.15) is 0 Å². The smallest absolute Gasteiger partial charge is 0 e. The van der Waals surface area contributed by atoms with E-state index >= 15 is 0 Å². The maximum absolute atomic E-state index is 0. The molecule has 0 saturated heterocycles. The fraction of sp³-hybridized carbons (Fsp3) is 0. The van der Waals surface area contributed by atoms with Gasteiger partial charge in [-0.1, -0.05) is 0 Å². The van der Waals surface area contributed by atoms with Crippen molar-refractivity contribution < 1.29 is 1350 Å². The summed E-state index contributed by atoms with van der Waals surface area (Å²) in [4.78, 5) is 0. The first kappa shape index (κ1) is 638. The van der Waals surface area contributed by atoms with Crippen molar-refractivity contribution in [2.45, 2.75) is 0 Å². The van der Waals surface area contributed by atoms with Gasteiger partial charge in [0.1, 0.15) is 0 Å². The molecule has 384 valence electrons. The van der Waals surface area contributed by atoms with Gasteiger partial charge in [0.2, 0.25) is 0 Å². The van der Waals surface area contributed by atoms with Crippen LogP contribution in [0.4, 0.5) is 0 Å². The molecule has 0 N–H and O–H groups in total. The monoisotopic (exact) mass is 11800 g/mol. The van der Waals surface area contributed by atoms with Gasteiger partial charge in [-0.15, -0.1) is 0 Å². The summed E-state index contributed by atoms with van der Waals surface area (Å²) in [7, 11) is 0. The molecular weight excluding hydrogens is 11800 g/mol. The average Bonchev–Trinajstić information content (AvgIpc) is 0. The summed E-state index contributed by atoms with van der Waals surface area (Å²) in [6.45, 7) is 0. The Morgan fingerprint density at radius 2 is 0.0156 bits per heavy atom. The Bertz CT molecular complexity index is 0. The predicted molar refractivity (Wildman–Crippen MR) is 0 cm³/mol. The topological polar surface area (TPSA) is 0 Å². The van der Waals surface area contributed by atoms with Crippen LogP contribution in [0.15, 0.2) is 0 Å². The minimum Gasteiger partial charge on any atom is 0 e. The second kappa shape index (κ2) is 620. The molecule has 0 aliphatic heterocycles. The third kappa shape index (κ3) is 603. The Labute approximate surface area is 1310 Å². The van der Waals surface area contributed by atoms with Crippen molar-refractivity contribution in [2.24, 2.45) is 0 Å². The van der Waals surface area contributed by atoms with Crippen molar-refractivity contribution in [3.05, 3.63) is 0 Å². The fourth-order valence-corrected chi connectivity index (χ4v) is 0. The van der Waals surface area contributed by atoms with Gasteiger partial charge < -0.3 is 0 Å². The van der Waals surface area contributed by atoms with Crippen molar-refractivity contribution in [3.63, 3.8) is 0 Å². The molecule has 0 bridgehead atoms. The summed E-state index contributed by atoms with van der Waals surface area (Å²) in [5.41, 5.74) is 0. The second-order valence-corrected chi connectivity index (χ2v) is 0. The maximum atomic E-state index is 0. The SMILES string of the molecule is [W].[W].[W].[W].[W].[W].[W].[W].[W].[W].[W].[W].[W].[W].[W].[W].[W].[W].[W].[W].[W].[W].[W].[W].[W].[W].[W].[W].[W].[W].[W].[W].[W].[W].[W].[W].[W].[W].[W].[W].[W].[W].[W].[W].[W].[W].[W].[W].[W].[W].[W].[W].[W].[W].[W].[W].[W].[W].[W].[W].[W].[W].[W].[W]. The van der Waals surface area contributed by atoms with Crippen molar-refractivity contribution in [1.29, 1.82) is 0 Å². The molecule has 0 aromatic heterocycles. The Morgan fingerprint density at radius 3 is 0.0156 bits per heavy atom. The Balaban J connectivity index is 0. The van der Waals surface area contributed by atoms with Crippen LogP contribution >= 0.6 is 0 Å². The predicted octanol–water partition coefficient (Wildman–Crippen LogP) is -0.160. The Hall–Kier alpha value is 44.1. The van der Waals surface area contributed by atoms with Crippen LogP contribution in [0.3, 0.4) is 0 Å². The van der Waals surface area contributed by atoms with Gasteiger partial charge in [-0.3, -0.25) is 0 Å². The van der Waals surface area contributed by atoms with Gasteiger partial charge in [-0.25, -0.2) is 0 Å². The molecule has 0 heterocycles. The van der Waals surface area contributed by atoms with E-state index in [1.165, 1.54) is 0 Å². The van der Waals surface area contributed by atoms with E-state index < -0.39 is 0 Å². The van der Waals surface area contributed by atoms with Crippen LogP contribution in [-0.2, 0) is 1350 Å². The van der Waals surface area contributed by atoms with E-state index in [1.807, 2.05) is 0 Å². The van der Waals surface area contributed by atoms with Crippen LogP contribution in [0.1, 0.15) is 0 Å². The van der Waals surface area contributed by atoms with Gasteiger partial charge in [0.05, 0.1) is 0 Å². The zero-order valence-corrected chi connectivity index (χ0v) is 214. The van der Waals surface area contributed by atoms with Gasteiger partial charge in [0, 0.05) is 1350 Å². The molecule has 0 aliphatic carbocycles. The fourth-order valence-electron chi connectivity index (χ4n) is 0. The second-order valence-electron chi connectivity index (χ2n) is 0. The number of hydrogen-bond donors (Lipinski definition) is 0. The summed E-state index contributed by atoms with van der Waals surface area (Å²) in [6.07, 6.45) is 0. The normalized spacial score (nSPS) is 0. The summed E-state index contributed by atoms with van der Waals surface area (Å²) in [5, 5.41) is 0. The maximum Gasteiger partial charge on any atom is 0 e. The third-order valence-electron chi connectivity index (χ3n) is 0. The van der Waals surface area contributed by atoms with Gasteiger partial charge in [-0.05, 0) is 0 Å². The van der Waals surface area contributed by atoms with Crippen LogP contribution in [0.2, 0.25) is 0 Å².